The van der Waals surface area contributed by atoms with Crippen molar-refractivity contribution >= 4 is 17.7 Å². The molecule has 0 saturated carbocycles. The fourth-order valence-corrected chi connectivity index (χ4v) is 2.56. The Morgan fingerprint density at radius 1 is 1.38 bits per heavy atom. The van der Waals surface area contributed by atoms with Crippen molar-refractivity contribution in [3.8, 4) is 0 Å². The molecule has 1 fully saturated rings. The van der Waals surface area contributed by atoms with Crippen LogP contribution in [0.3, 0.4) is 0 Å². The van der Waals surface area contributed by atoms with Gasteiger partial charge in [-0.15, -0.1) is 0 Å². The second kappa shape index (κ2) is 7.08. The fourth-order valence-electron chi connectivity index (χ4n) is 2.56. The number of carboxylic acid groups (broad SMARTS) is 1. The first kappa shape index (κ1) is 15.3. The number of likely N-dealkylation sites (N-methyl/N-ethyl adjacent to an activating group) is 1. The molecular formula is C15H21N3O3. The van der Waals surface area contributed by atoms with Crippen molar-refractivity contribution in [3.63, 3.8) is 0 Å². The van der Waals surface area contributed by atoms with Gasteiger partial charge in [-0.2, -0.15) is 0 Å². The molecule has 21 heavy (non-hydrogen) atoms. The molecule has 2 amide bonds. The lowest BCUT2D eigenvalue weighted by Gasteiger charge is -2.32. The average Bonchev–Trinajstić information content (AvgIpc) is 2.45. The number of likely N-dealkylation sites (tertiary alicyclic amines) is 1. The Kier molecular flexibility index (Phi) is 5.16. The molecule has 1 saturated heterocycles. The van der Waals surface area contributed by atoms with E-state index in [0.29, 0.717) is 5.69 Å². The lowest BCUT2D eigenvalue weighted by atomic mass is 10.1. The minimum atomic E-state index is -1.03. The molecule has 1 aliphatic rings. The van der Waals surface area contributed by atoms with E-state index in [9.17, 15) is 9.59 Å². The third-order valence-electron chi connectivity index (χ3n) is 3.56. The maximum absolute atomic E-state index is 12.4. The van der Waals surface area contributed by atoms with Gasteiger partial charge >= 0.3 is 12.0 Å². The van der Waals surface area contributed by atoms with Crippen molar-refractivity contribution in [1.29, 1.82) is 0 Å². The number of nitrogens with one attached hydrogen (secondary N) is 1. The quantitative estimate of drug-likeness (QED) is 0.879. The van der Waals surface area contributed by atoms with Crippen LogP contribution in [-0.4, -0.2) is 54.7 Å². The number of piperidine rings is 1. The van der Waals surface area contributed by atoms with Crippen LogP contribution in [0.15, 0.2) is 30.3 Å². The maximum Gasteiger partial charge on any atom is 0.323 e. The smallest absolute Gasteiger partial charge is 0.323 e. The number of nitrogens with zero attached hydrogens (tertiary/aromatic N) is 2. The first-order valence-electron chi connectivity index (χ1n) is 7.09. The molecule has 6 nitrogen and oxygen atoms in total. The van der Waals surface area contributed by atoms with Gasteiger partial charge in [-0.3, -0.25) is 9.69 Å². The second-order valence-electron chi connectivity index (χ2n) is 5.37. The summed E-state index contributed by atoms with van der Waals surface area (Å²) in [5.74, 6) is -1.03. The Hall–Kier alpha value is -2.08. The number of amides is 2. The van der Waals surface area contributed by atoms with Crippen molar-refractivity contribution in [2.24, 2.45) is 0 Å². The number of rotatable bonds is 4. The molecule has 0 bridgehead atoms. The number of anilines is 1. The number of carbonyl (C=O) groups is 2. The number of aliphatic carboxylic acids is 1. The van der Waals surface area contributed by atoms with Crippen LogP contribution < -0.4 is 10.2 Å². The molecule has 0 spiro atoms. The lowest BCUT2D eigenvalue weighted by Crippen LogP contribution is -2.51. The molecule has 1 unspecified atom stereocenters. The van der Waals surface area contributed by atoms with Gasteiger partial charge in [0.1, 0.15) is 6.54 Å². The normalized spacial score (nSPS) is 19.0. The molecule has 0 aliphatic carbocycles. The first-order chi connectivity index (χ1) is 10.1. The summed E-state index contributed by atoms with van der Waals surface area (Å²) >= 11 is 0. The van der Waals surface area contributed by atoms with Crippen LogP contribution in [0.25, 0.3) is 0 Å². The topological polar surface area (TPSA) is 72.9 Å². The zero-order chi connectivity index (χ0) is 15.2. The molecule has 1 atom stereocenters. The van der Waals surface area contributed by atoms with Crippen LogP contribution in [0.4, 0.5) is 10.5 Å². The van der Waals surface area contributed by atoms with Crippen LogP contribution in [0.1, 0.15) is 12.8 Å². The van der Waals surface area contributed by atoms with Crippen LogP contribution in [0.5, 0.6) is 0 Å². The van der Waals surface area contributed by atoms with Gasteiger partial charge in [0.25, 0.3) is 0 Å². The van der Waals surface area contributed by atoms with Gasteiger partial charge < -0.3 is 15.3 Å². The predicted octanol–water partition coefficient (Wildman–Crippen LogP) is 1.38. The molecule has 114 valence electrons. The Labute approximate surface area is 124 Å². The zero-order valence-electron chi connectivity index (χ0n) is 12.2. The van der Waals surface area contributed by atoms with E-state index in [4.69, 9.17) is 5.11 Å². The van der Waals surface area contributed by atoms with Crippen LogP contribution in [0.2, 0.25) is 0 Å². The van der Waals surface area contributed by atoms with Gasteiger partial charge in [0.15, 0.2) is 0 Å². The van der Waals surface area contributed by atoms with E-state index >= 15 is 0 Å². The number of carboxylic acids is 1. The van der Waals surface area contributed by atoms with Crippen LogP contribution in [-0.2, 0) is 4.79 Å². The highest BCUT2D eigenvalue weighted by molar-refractivity contribution is 5.96. The van der Waals surface area contributed by atoms with E-state index in [-0.39, 0.29) is 18.6 Å². The third-order valence-corrected chi connectivity index (χ3v) is 3.56. The number of para-hydroxylation sites is 1. The van der Waals surface area contributed by atoms with Crippen LogP contribution >= 0.6 is 0 Å². The Balaban J connectivity index is 2.05. The van der Waals surface area contributed by atoms with E-state index in [1.165, 1.54) is 4.90 Å². The van der Waals surface area contributed by atoms with Gasteiger partial charge in [0.2, 0.25) is 0 Å². The summed E-state index contributed by atoms with van der Waals surface area (Å²) in [5.41, 5.74) is 0.585. The highest BCUT2D eigenvalue weighted by Gasteiger charge is 2.24. The standard InChI is InChI=1S/C15H21N3O3/c1-17-9-5-6-12(10-17)16-15(21)18(11-14(19)20)13-7-3-2-4-8-13/h2-4,7-8,12H,5-6,9-11H2,1H3,(H,16,21)(H,19,20). The van der Waals surface area contributed by atoms with Crippen molar-refractivity contribution in [3.05, 3.63) is 30.3 Å². The molecule has 2 N–H and O–H groups in total. The van der Waals surface area contributed by atoms with Gasteiger partial charge in [-0.25, -0.2) is 4.79 Å². The van der Waals surface area contributed by atoms with Crippen LogP contribution in [0, 0.1) is 0 Å². The number of urea groups is 1. The summed E-state index contributed by atoms with van der Waals surface area (Å²) in [4.78, 5) is 26.8. The SMILES string of the molecule is CN1CCCC(NC(=O)N(CC(=O)O)c2ccccc2)C1. The number of benzene rings is 1. The minimum Gasteiger partial charge on any atom is -0.480 e. The highest BCUT2D eigenvalue weighted by Crippen LogP contribution is 2.14. The van der Waals surface area contributed by atoms with Gasteiger partial charge in [-0.05, 0) is 38.6 Å². The van der Waals surface area contributed by atoms with Gasteiger partial charge in [0.05, 0.1) is 0 Å². The summed E-state index contributed by atoms with van der Waals surface area (Å²) in [5, 5.41) is 11.9. The summed E-state index contributed by atoms with van der Waals surface area (Å²) in [7, 11) is 2.02. The van der Waals surface area contributed by atoms with E-state index in [1.54, 1.807) is 24.3 Å². The van der Waals surface area contributed by atoms with Crippen molar-refractivity contribution in [2.45, 2.75) is 18.9 Å². The molecule has 1 aromatic carbocycles. The Morgan fingerprint density at radius 2 is 2.10 bits per heavy atom. The second-order valence-corrected chi connectivity index (χ2v) is 5.37. The van der Waals surface area contributed by atoms with E-state index < -0.39 is 5.97 Å². The van der Waals surface area contributed by atoms with Crippen molar-refractivity contribution in [1.82, 2.24) is 10.2 Å². The van der Waals surface area contributed by atoms with E-state index in [2.05, 4.69) is 10.2 Å². The summed E-state index contributed by atoms with van der Waals surface area (Å²) in [6, 6.07) is 8.57. The number of hydrogen-bond donors (Lipinski definition) is 2. The zero-order valence-corrected chi connectivity index (χ0v) is 12.2. The van der Waals surface area contributed by atoms with E-state index in [0.717, 1.165) is 25.9 Å². The largest absolute Gasteiger partial charge is 0.480 e. The van der Waals surface area contributed by atoms with Crippen molar-refractivity contribution in [2.75, 3.05) is 31.6 Å². The fraction of sp³-hybridized carbons (Fsp3) is 0.467. The highest BCUT2D eigenvalue weighted by atomic mass is 16.4. The summed E-state index contributed by atoms with van der Waals surface area (Å²) in [6.45, 7) is 1.48. The molecule has 1 heterocycles. The molecule has 1 aromatic rings. The summed E-state index contributed by atoms with van der Waals surface area (Å²) < 4.78 is 0. The molecule has 6 heteroatoms. The molecule has 1 aliphatic heterocycles. The summed E-state index contributed by atoms with van der Waals surface area (Å²) in [6.07, 6.45) is 1.96. The first-order valence-corrected chi connectivity index (χ1v) is 7.09. The molecular weight excluding hydrogens is 270 g/mol. The van der Waals surface area contributed by atoms with E-state index in [1.807, 2.05) is 13.1 Å². The maximum atomic E-state index is 12.4. The molecule has 0 radical (unpaired) electrons. The van der Waals surface area contributed by atoms with Crippen molar-refractivity contribution < 1.29 is 14.7 Å². The number of carbonyl (C=O) groups excluding carboxylic acids is 1. The van der Waals surface area contributed by atoms with Gasteiger partial charge in [0, 0.05) is 18.3 Å². The number of hydrogen-bond acceptors (Lipinski definition) is 3. The lowest BCUT2D eigenvalue weighted by molar-refractivity contribution is -0.135. The average molecular weight is 291 g/mol. The third kappa shape index (κ3) is 4.46. The Morgan fingerprint density at radius 3 is 2.71 bits per heavy atom. The minimum absolute atomic E-state index is 0.0660. The van der Waals surface area contributed by atoms with Gasteiger partial charge in [-0.1, -0.05) is 18.2 Å². The molecule has 0 aromatic heterocycles. The monoisotopic (exact) mass is 291 g/mol. The molecule has 2 rings (SSSR count). The predicted molar refractivity (Wildman–Crippen MR) is 80.5 cm³/mol. The Bertz CT molecular complexity index is 492.